The molecule has 2 rings (SSSR count). The second kappa shape index (κ2) is 5.69. The maximum absolute atomic E-state index is 11.9. The minimum atomic E-state index is -0.507. The van der Waals surface area contributed by atoms with Gasteiger partial charge in [-0.25, -0.2) is 4.79 Å². The van der Waals surface area contributed by atoms with Crippen LogP contribution in [0.15, 0.2) is 39.5 Å². The van der Waals surface area contributed by atoms with Gasteiger partial charge >= 0.3 is 5.63 Å². The van der Waals surface area contributed by atoms with E-state index in [9.17, 15) is 9.90 Å². The van der Waals surface area contributed by atoms with Crippen LogP contribution in [0.3, 0.4) is 0 Å². The van der Waals surface area contributed by atoms with E-state index in [1.807, 2.05) is 18.2 Å². The molecule has 1 heterocycles. The fourth-order valence-electron chi connectivity index (χ4n) is 1.78. The third-order valence-electron chi connectivity index (χ3n) is 2.91. The molecule has 1 aromatic carbocycles. The lowest BCUT2D eigenvalue weighted by Gasteiger charge is -2.06. The van der Waals surface area contributed by atoms with Crippen molar-refractivity contribution < 1.29 is 9.52 Å². The zero-order chi connectivity index (χ0) is 13.8. The van der Waals surface area contributed by atoms with Gasteiger partial charge in [0.05, 0.1) is 5.56 Å². The van der Waals surface area contributed by atoms with Gasteiger partial charge in [0, 0.05) is 5.56 Å². The number of hydrogen-bond acceptors (Lipinski definition) is 4. The smallest absolute Gasteiger partial charge is 0.346 e. The van der Waals surface area contributed by atoms with Gasteiger partial charge in [-0.1, -0.05) is 32.0 Å². The van der Waals surface area contributed by atoms with Crippen molar-refractivity contribution in [2.24, 2.45) is 5.92 Å². The zero-order valence-corrected chi connectivity index (χ0v) is 11.1. The Morgan fingerprint density at radius 2 is 1.95 bits per heavy atom. The van der Waals surface area contributed by atoms with Crippen LogP contribution in [0.4, 0.5) is 0 Å². The largest absolute Gasteiger partial charge is 0.493 e. The Morgan fingerprint density at radius 3 is 2.53 bits per heavy atom. The highest BCUT2D eigenvalue weighted by Crippen LogP contribution is 2.20. The third kappa shape index (κ3) is 3.22. The topological polar surface area (TPSA) is 63.3 Å². The quantitative estimate of drug-likeness (QED) is 0.916. The molecule has 100 valence electrons. The van der Waals surface area contributed by atoms with Gasteiger partial charge in [0.15, 0.2) is 0 Å². The number of aromatic nitrogens is 1. The molecule has 0 bridgehead atoms. The summed E-state index contributed by atoms with van der Waals surface area (Å²) in [6.07, 6.45) is 1.29. The van der Waals surface area contributed by atoms with Gasteiger partial charge in [-0.2, -0.15) is 4.98 Å². The highest BCUT2D eigenvalue weighted by atomic mass is 16.4. The fraction of sp³-hybridized carbons (Fsp3) is 0.333. The second-order valence-electron chi connectivity index (χ2n) is 4.91. The van der Waals surface area contributed by atoms with Gasteiger partial charge in [0.25, 0.3) is 0 Å². The molecule has 19 heavy (non-hydrogen) atoms. The molecule has 0 spiro atoms. The van der Waals surface area contributed by atoms with Crippen molar-refractivity contribution >= 4 is 0 Å². The zero-order valence-electron chi connectivity index (χ0n) is 11.1. The van der Waals surface area contributed by atoms with Crippen LogP contribution >= 0.6 is 0 Å². The van der Waals surface area contributed by atoms with Crippen LogP contribution in [-0.4, -0.2) is 10.1 Å². The minimum absolute atomic E-state index is 0.149. The summed E-state index contributed by atoms with van der Waals surface area (Å²) < 4.78 is 5.18. The first kappa shape index (κ1) is 13.3. The number of rotatable bonds is 4. The van der Waals surface area contributed by atoms with E-state index in [-0.39, 0.29) is 17.3 Å². The van der Waals surface area contributed by atoms with Gasteiger partial charge in [-0.05, 0) is 30.9 Å². The Labute approximate surface area is 111 Å². The highest BCUT2D eigenvalue weighted by molar-refractivity contribution is 5.53. The Morgan fingerprint density at radius 1 is 1.26 bits per heavy atom. The molecule has 0 fully saturated rings. The maximum Gasteiger partial charge on any atom is 0.346 e. The summed E-state index contributed by atoms with van der Waals surface area (Å²) in [5.74, 6) is 0.375. The van der Waals surface area contributed by atoms with E-state index in [1.165, 1.54) is 0 Å². The predicted molar refractivity (Wildman–Crippen MR) is 73.0 cm³/mol. The van der Waals surface area contributed by atoms with Crippen molar-refractivity contribution in [3.8, 4) is 17.3 Å². The normalized spacial score (nSPS) is 10.9. The fourth-order valence-corrected chi connectivity index (χ4v) is 1.78. The van der Waals surface area contributed by atoms with Gasteiger partial charge in [-0.3, -0.25) is 0 Å². The monoisotopic (exact) mass is 259 g/mol. The van der Waals surface area contributed by atoms with Crippen molar-refractivity contribution in [1.29, 1.82) is 0 Å². The number of aromatic hydroxyl groups is 1. The SMILES string of the molecule is CC(C)CCc1c(O)nc(-c2ccccc2)oc1=O. The Kier molecular flexibility index (Phi) is 4.00. The maximum atomic E-state index is 11.9. The molecule has 0 saturated heterocycles. The molecule has 1 aromatic heterocycles. The second-order valence-corrected chi connectivity index (χ2v) is 4.91. The van der Waals surface area contributed by atoms with Crippen LogP contribution in [-0.2, 0) is 6.42 Å². The van der Waals surface area contributed by atoms with Crippen molar-refractivity contribution in [1.82, 2.24) is 4.98 Å². The van der Waals surface area contributed by atoms with Gasteiger partial charge < -0.3 is 9.52 Å². The van der Waals surface area contributed by atoms with Gasteiger partial charge in [-0.15, -0.1) is 0 Å². The molecule has 0 amide bonds. The number of benzene rings is 1. The van der Waals surface area contributed by atoms with Crippen LogP contribution in [0.1, 0.15) is 25.8 Å². The van der Waals surface area contributed by atoms with E-state index < -0.39 is 5.63 Å². The lowest BCUT2D eigenvalue weighted by atomic mass is 10.0. The summed E-state index contributed by atoms with van der Waals surface area (Å²) >= 11 is 0. The van der Waals surface area contributed by atoms with E-state index >= 15 is 0 Å². The first-order chi connectivity index (χ1) is 9.08. The summed E-state index contributed by atoms with van der Waals surface area (Å²) in [7, 11) is 0. The van der Waals surface area contributed by atoms with Crippen LogP contribution in [0, 0.1) is 5.92 Å². The van der Waals surface area contributed by atoms with E-state index in [2.05, 4.69) is 18.8 Å². The summed E-state index contributed by atoms with van der Waals surface area (Å²) in [4.78, 5) is 15.9. The number of nitrogens with zero attached hydrogens (tertiary/aromatic N) is 1. The Bertz CT molecular complexity index is 603. The minimum Gasteiger partial charge on any atom is -0.493 e. The van der Waals surface area contributed by atoms with Crippen molar-refractivity contribution in [3.63, 3.8) is 0 Å². The molecule has 2 aromatic rings. The molecule has 4 nitrogen and oxygen atoms in total. The Balaban J connectivity index is 2.35. The summed E-state index contributed by atoms with van der Waals surface area (Å²) in [5, 5.41) is 9.88. The average molecular weight is 259 g/mol. The van der Waals surface area contributed by atoms with Crippen molar-refractivity contribution in [2.75, 3.05) is 0 Å². The van der Waals surface area contributed by atoms with E-state index in [4.69, 9.17) is 4.42 Å². The average Bonchev–Trinajstić information content (AvgIpc) is 2.38. The molecule has 0 atom stereocenters. The van der Waals surface area contributed by atoms with Crippen LogP contribution < -0.4 is 5.63 Å². The molecule has 0 aliphatic heterocycles. The summed E-state index contributed by atoms with van der Waals surface area (Å²) in [6, 6.07) is 9.05. The molecule has 4 heteroatoms. The molecule has 0 aliphatic rings. The summed E-state index contributed by atoms with van der Waals surface area (Å²) in [6.45, 7) is 4.12. The molecular formula is C15H17NO3. The molecule has 0 unspecified atom stereocenters. The lowest BCUT2D eigenvalue weighted by Crippen LogP contribution is -2.11. The highest BCUT2D eigenvalue weighted by Gasteiger charge is 2.14. The van der Waals surface area contributed by atoms with Crippen molar-refractivity contribution in [3.05, 3.63) is 46.3 Å². The first-order valence-electron chi connectivity index (χ1n) is 6.36. The molecule has 0 radical (unpaired) electrons. The van der Waals surface area contributed by atoms with Gasteiger partial charge in [0.1, 0.15) is 0 Å². The standard InChI is InChI=1S/C15H17NO3/c1-10(2)8-9-12-13(17)16-14(19-15(12)18)11-6-4-3-5-7-11/h3-7,10,17H,8-9H2,1-2H3. The van der Waals surface area contributed by atoms with Crippen LogP contribution in [0.2, 0.25) is 0 Å². The summed E-state index contributed by atoms with van der Waals surface area (Å²) in [5.41, 5.74) is 0.422. The number of hydrogen-bond donors (Lipinski definition) is 1. The van der Waals surface area contributed by atoms with Crippen LogP contribution in [0.5, 0.6) is 5.88 Å². The molecular weight excluding hydrogens is 242 g/mol. The van der Waals surface area contributed by atoms with E-state index in [0.717, 1.165) is 6.42 Å². The van der Waals surface area contributed by atoms with E-state index in [1.54, 1.807) is 12.1 Å². The Hall–Kier alpha value is -2.10. The van der Waals surface area contributed by atoms with Gasteiger partial charge in [0.2, 0.25) is 11.8 Å². The first-order valence-corrected chi connectivity index (χ1v) is 6.36. The van der Waals surface area contributed by atoms with E-state index in [0.29, 0.717) is 17.9 Å². The van der Waals surface area contributed by atoms with Crippen LogP contribution in [0.25, 0.3) is 11.5 Å². The molecule has 1 N–H and O–H groups in total. The molecule has 0 aliphatic carbocycles. The lowest BCUT2D eigenvalue weighted by molar-refractivity contribution is 0.405. The molecule has 0 saturated carbocycles. The predicted octanol–water partition coefficient (Wildman–Crippen LogP) is 3.00. The van der Waals surface area contributed by atoms with Crippen molar-refractivity contribution in [2.45, 2.75) is 26.7 Å². The third-order valence-corrected chi connectivity index (χ3v) is 2.91.